The summed E-state index contributed by atoms with van der Waals surface area (Å²) in [5, 5.41) is 9.00. The van der Waals surface area contributed by atoms with Crippen LogP contribution in [0.2, 0.25) is 0 Å². The van der Waals surface area contributed by atoms with E-state index in [9.17, 15) is 9.59 Å². The van der Waals surface area contributed by atoms with Crippen molar-refractivity contribution in [2.45, 2.75) is 43.9 Å². The number of hydrogen-bond donors (Lipinski definition) is 1. The van der Waals surface area contributed by atoms with Crippen LogP contribution in [-0.4, -0.2) is 79.0 Å². The maximum Gasteiger partial charge on any atom is 0.320 e. The molecule has 2 rings (SSSR count). The lowest BCUT2D eigenvalue weighted by molar-refractivity contribution is -0.138. The van der Waals surface area contributed by atoms with Gasteiger partial charge in [-0.1, -0.05) is 0 Å². The Morgan fingerprint density at radius 2 is 1.76 bits per heavy atom. The minimum atomic E-state index is -0.856. The molecule has 120 valence electrons. The Balaban J connectivity index is 2.02. The van der Waals surface area contributed by atoms with Gasteiger partial charge in [-0.2, -0.15) is 0 Å². The smallest absolute Gasteiger partial charge is 0.320 e. The summed E-state index contributed by atoms with van der Waals surface area (Å²) in [6.45, 7) is 1.61. The summed E-state index contributed by atoms with van der Waals surface area (Å²) < 4.78 is 10.7. The minimum absolute atomic E-state index is 0.0149. The third-order valence-corrected chi connectivity index (χ3v) is 4.37. The molecule has 0 bridgehead atoms. The van der Waals surface area contributed by atoms with E-state index in [1.807, 2.05) is 0 Å². The molecule has 2 amide bonds. The summed E-state index contributed by atoms with van der Waals surface area (Å²) >= 11 is 0. The Bertz CT molecular complexity index is 378. The zero-order chi connectivity index (χ0) is 15.4. The lowest BCUT2D eigenvalue weighted by Crippen LogP contribution is -2.50. The van der Waals surface area contributed by atoms with Crippen molar-refractivity contribution in [1.29, 1.82) is 0 Å². The number of rotatable bonds is 4. The number of piperidine rings is 1. The lowest BCUT2D eigenvalue weighted by Gasteiger charge is -2.37. The highest BCUT2D eigenvalue weighted by molar-refractivity contribution is 5.76. The Kier molecular flexibility index (Phi) is 5.41. The molecule has 0 aromatic rings. The summed E-state index contributed by atoms with van der Waals surface area (Å²) in [6.07, 6.45) is 2.43. The number of aliphatic carboxylic acids is 1. The predicted octanol–water partition coefficient (Wildman–Crippen LogP) is 0.781. The molecule has 7 nitrogen and oxygen atoms in total. The molecule has 1 N–H and O–H groups in total. The summed E-state index contributed by atoms with van der Waals surface area (Å²) in [4.78, 5) is 27.0. The van der Waals surface area contributed by atoms with E-state index < -0.39 is 5.97 Å². The van der Waals surface area contributed by atoms with Crippen LogP contribution in [0.1, 0.15) is 25.7 Å². The first kappa shape index (κ1) is 16.0. The Hall–Kier alpha value is -1.34. The van der Waals surface area contributed by atoms with Gasteiger partial charge in [-0.25, -0.2) is 4.79 Å². The lowest BCUT2D eigenvalue weighted by atomic mass is 10.00. The number of ether oxygens (including phenoxy) is 2. The number of carbonyl (C=O) groups is 2. The largest absolute Gasteiger partial charge is 0.481 e. The predicted molar refractivity (Wildman–Crippen MR) is 75.2 cm³/mol. The van der Waals surface area contributed by atoms with Crippen LogP contribution in [0.15, 0.2) is 0 Å². The van der Waals surface area contributed by atoms with Crippen molar-refractivity contribution in [2.24, 2.45) is 0 Å². The van der Waals surface area contributed by atoms with Gasteiger partial charge in [0, 0.05) is 26.8 Å². The van der Waals surface area contributed by atoms with Crippen LogP contribution in [-0.2, 0) is 14.3 Å². The average molecular weight is 300 g/mol. The number of urea groups is 1. The minimum Gasteiger partial charge on any atom is -0.481 e. The molecule has 0 radical (unpaired) electrons. The molecule has 2 saturated heterocycles. The van der Waals surface area contributed by atoms with Crippen molar-refractivity contribution < 1.29 is 24.2 Å². The molecule has 2 fully saturated rings. The van der Waals surface area contributed by atoms with Crippen LogP contribution in [0.25, 0.3) is 0 Å². The molecule has 0 aromatic heterocycles. The van der Waals surface area contributed by atoms with Crippen molar-refractivity contribution in [3.63, 3.8) is 0 Å². The summed E-state index contributed by atoms with van der Waals surface area (Å²) in [5.41, 5.74) is 0. The van der Waals surface area contributed by atoms with Crippen molar-refractivity contribution in [3.05, 3.63) is 0 Å². The van der Waals surface area contributed by atoms with Crippen molar-refractivity contribution in [2.75, 3.05) is 33.9 Å². The first-order chi connectivity index (χ1) is 10.1. The van der Waals surface area contributed by atoms with Gasteiger partial charge in [0.2, 0.25) is 0 Å². The van der Waals surface area contributed by atoms with Crippen LogP contribution in [0.5, 0.6) is 0 Å². The number of carboxylic acids is 1. The highest BCUT2D eigenvalue weighted by Crippen LogP contribution is 2.24. The van der Waals surface area contributed by atoms with Crippen LogP contribution >= 0.6 is 0 Å². The van der Waals surface area contributed by atoms with Gasteiger partial charge >= 0.3 is 12.0 Å². The molecule has 21 heavy (non-hydrogen) atoms. The van der Waals surface area contributed by atoms with E-state index >= 15 is 0 Å². The van der Waals surface area contributed by atoms with Crippen molar-refractivity contribution in [3.8, 4) is 0 Å². The second kappa shape index (κ2) is 7.09. The van der Waals surface area contributed by atoms with Crippen LogP contribution < -0.4 is 0 Å². The Morgan fingerprint density at radius 1 is 1.14 bits per heavy atom. The Labute approximate surface area is 124 Å². The number of amides is 2. The van der Waals surface area contributed by atoms with Gasteiger partial charge in [0.05, 0.1) is 19.5 Å². The molecule has 3 atom stereocenters. The first-order valence-electron chi connectivity index (χ1n) is 7.39. The van der Waals surface area contributed by atoms with E-state index in [0.29, 0.717) is 19.6 Å². The third kappa shape index (κ3) is 3.65. The van der Waals surface area contributed by atoms with E-state index in [1.165, 1.54) is 0 Å². The molecule has 7 heteroatoms. The molecule has 0 aliphatic carbocycles. The van der Waals surface area contributed by atoms with Crippen molar-refractivity contribution in [1.82, 2.24) is 9.80 Å². The first-order valence-corrected chi connectivity index (χ1v) is 7.39. The zero-order valence-electron chi connectivity index (χ0n) is 12.7. The maximum absolute atomic E-state index is 12.7. The molecular formula is C14H24N2O5. The molecule has 0 spiro atoms. The molecular weight excluding hydrogens is 276 g/mol. The highest BCUT2D eigenvalue weighted by Gasteiger charge is 2.39. The summed E-state index contributed by atoms with van der Waals surface area (Å²) in [5.74, 6) is -0.856. The van der Waals surface area contributed by atoms with E-state index in [4.69, 9.17) is 14.6 Å². The highest BCUT2D eigenvalue weighted by atomic mass is 16.5. The molecule has 2 aliphatic heterocycles. The average Bonchev–Trinajstić information content (AvgIpc) is 2.89. The zero-order valence-corrected chi connectivity index (χ0v) is 12.7. The second-order valence-electron chi connectivity index (χ2n) is 5.68. The van der Waals surface area contributed by atoms with E-state index in [2.05, 4.69) is 0 Å². The summed E-state index contributed by atoms with van der Waals surface area (Å²) in [6, 6.07) is -0.297. The van der Waals surface area contributed by atoms with Gasteiger partial charge in [0.1, 0.15) is 12.2 Å². The van der Waals surface area contributed by atoms with Crippen LogP contribution in [0.3, 0.4) is 0 Å². The number of methoxy groups -OCH3 is 2. The SMILES string of the molecule is COC1CN(C(=O)N2CCCCC2CC(=O)O)CC1OC. The number of hydrogen-bond acceptors (Lipinski definition) is 4. The quantitative estimate of drug-likeness (QED) is 0.830. The molecule has 0 aromatic carbocycles. The third-order valence-electron chi connectivity index (χ3n) is 4.37. The van der Waals surface area contributed by atoms with Gasteiger partial charge in [-0.15, -0.1) is 0 Å². The number of carboxylic acid groups (broad SMARTS) is 1. The summed E-state index contributed by atoms with van der Waals surface area (Å²) in [7, 11) is 3.22. The molecule has 2 aliphatic rings. The van der Waals surface area contributed by atoms with Gasteiger partial charge in [0.15, 0.2) is 0 Å². The van der Waals surface area contributed by atoms with Crippen molar-refractivity contribution >= 4 is 12.0 Å². The number of nitrogens with zero attached hydrogens (tertiary/aromatic N) is 2. The molecule has 3 unspecified atom stereocenters. The van der Waals surface area contributed by atoms with Gasteiger partial charge in [-0.3, -0.25) is 4.79 Å². The fraction of sp³-hybridized carbons (Fsp3) is 0.857. The number of carbonyl (C=O) groups excluding carboxylic acids is 1. The standard InChI is InChI=1S/C14H24N2O5/c1-20-11-8-15(9-12(11)21-2)14(19)16-6-4-3-5-10(16)7-13(17)18/h10-12H,3-9H2,1-2H3,(H,17,18). The fourth-order valence-electron chi connectivity index (χ4n) is 3.20. The number of likely N-dealkylation sites (tertiary alicyclic amines) is 2. The van der Waals surface area contributed by atoms with Gasteiger partial charge in [0.25, 0.3) is 0 Å². The second-order valence-corrected chi connectivity index (χ2v) is 5.68. The van der Waals surface area contributed by atoms with E-state index in [-0.39, 0.29) is 30.7 Å². The van der Waals surface area contributed by atoms with Crippen LogP contribution in [0, 0.1) is 0 Å². The molecule has 2 heterocycles. The molecule has 0 saturated carbocycles. The van der Waals surface area contributed by atoms with E-state index in [1.54, 1.807) is 24.0 Å². The topological polar surface area (TPSA) is 79.3 Å². The monoisotopic (exact) mass is 300 g/mol. The van der Waals surface area contributed by atoms with Gasteiger partial charge < -0.3 is 24.4 Å². The fourth-order valence-corrected chi connectivity index (χ4v) is 3.20. The van der Waals surface area contributed by atoms with E-state index in [0.717, 1.165) is 19.3 Å². The maximum atomic E-state index is 12.7. The normalized spacial score (nSPS) is 29.7. The Morgan fingerprint density at radius 3 is 2.29 bits per heavy atom. The van der Waals surface area contributed by atoms with Crippen LogP contribution in [0.4, 0.5) is 4.79 Å². The van der Waals surface area contributed by atoms with Gasteiger partial charge in [-0.05, 0) is 19.3 Å².